The SMILES string of the molecule is Nc1ccc(C(=O)CCl)c(O)c1N. The molecular weight excluding hydrogens is 192 g/mol. The maximum Gasteiger partial charge on any atom is 0.181 e. The maximum absolute atomic E-state index is 11.1. The van der Waals surface area contributed by atoms with E-state index in [-0.39, 0.29) is 34.4 Å². The lowest BCUT2D eigenvalue weighted by molar-refractivity contribution is 0.101. The van der Waals surface area contributed by atoms with Crippen LogP contribution >= 0.6 is 11.6 Å². The molecule has 13 heavy (non-hydrogen) atoms. The van der Waals surface area contributed by atoms with Crippen LogP contribution in [0.5, 0.6) is 5.75 Å². The molecule has 0 bridgehead atoms. The molecule has 0 spiro atoms. The van der Waals surface area contributed by atoms with Gasteiger partial charge in [0, 0.05) is 0 Å². The van der Waals surface area contributed by atoms with E-state index in [1.54, 1.807) is 0 Å². The molecule has 5 N–H and O–H groups in total. The number of hydrogen-bond acceptors (Lipinski definition) is 4. The van der Waals surface area contributed by atoms with Crippen molar-refractivity contribution < 1.29 is 9.90 Å². The number of rotatable bonds is 2. The highest BCUT2D eigenvalue weighted by Gasteiger charge is 2.13. The number of ketones is 1. The van der Waals surface area contributed by atoms with Gasteiger partial charge in [-0.15, -0.1) is 11.6 Å². The Morgan fingerprint density at radius 3 is 2.62 bits per heavy atom. The summed E-state index contributed by atoms with van der Waals surface area (Å²) < 4.78 is 0. The highest BCUT2D eigenvalue weighted by Crippen LogP contribution is 2.30. The van der Waals surface area contributed by atoms with Crippen LogP contribution in [0.25, 0.3) is 0 Å². The Bertz CT molecular complexity index is 352. The Hall–Kier alpha value is -1.42. The van der Waals surface area contributed by atoms with Crippen LogP contribution in [0.3, 0.4) is 0 Å². The van der Waals surface area contributed by atoms with Crippen molar-refractivity contribution in [1.82, 2.24) is 0 Å². The lowest BCUT2D eigenvalue weighted by atomic mass is 10.1. The third kappa shape index (κ3) is 1.67. The van der Waals surface area contributed by atoms with Gasteiger partial charge in [-0.25, -0.2) is 0 Å². The zero-order valence-corrected chi connectivity index (χ0v) is 7.51. The van der Waals surface area contributed by atoms with E-state index in [9.17, 15) is 9.90 Å². The van der Waals surface area contributed by atoms with Crippen molar-refractivity contribution in [3.63, 3.8) is 0 Å². The largest absolute Gasteiger partial charge is 0.505 e. The molecule has 0 amide bonds. The minimum Gasteiger partial charge on any atom is -0.505 e. The fraction of sp³-hybridized carbons (Fsp3) is 0.125. The number of alkyl halides is 1. The second-order valence-corrected chi connectivity index (χ2v) is 2.79. The number of phenols is 1. The fourth-order valence-corrected chi connectivity index (χ4v) is 1.06. The molecule has 0 aromatic heterocycles. The third-order valence-corrected chi connectivity index (χ3v) is 1.92. The molecule has 70 valence electrons. The molecule has 0 aliphatic heterocycles. The van der Waals surface area contributed by atoms with Crippen molar-refractivity contribution in [2.75, 3.05) is 17.3 Å². The molecule has 1 aromatic rings. The smallest absolute Gasteiger partial charge is 0.181 e. The summed E-state index contributed by atoms with van der Waals surface area (Å²) >= 11 is 5.32. The van der Waals surface area contributed by atoms with E-state index in [1.165, 1.54) is 12.1 Å². The number of Topliss-reactive ketones (excluding diaryl/α,β-unsaturated/α-hetero) is 1. The van der Waals surface area contributed by atoms with E-state index in [2.05, 4.69) is 0 Å². The van der Waals surface area contributed by atoms with Crippen molar-refractivity contribution in [3.05, 3.63) is 17.7 Å². The van der Waals surface area contributed by atoms with E-state index in [0.29, 0.717) is 0 Å². The molecule has 4 nitrogen and oxygen atoms in total. The van der Waals surface area contributed by atoms with Crippen LogP contribution in [0.15, 0.2) is 12.1 Å². The first-order chi connectivity index (χ1) is 6.07. The van der Waals surface area contributed by atoms with Crippen LogP contribution in [-0.4, -0.2) is 16.8 Å². The van der Waals surface area contributed by atoms with E-state index in [1.807, 2.05) is 0 Å². The molecule has 5 heteroatoms. The number of carbonyl (C=O) groups is 1. The molecular formula is C8H9ClN2O2. The van der Waals surface area contributed by atoms with Gasteiger partial charge in [0.2, 0.25) is 0 Å². The topological polar surface area (TPSA) is 89.3 Å². The monoisotopic (exact) mass is 200 g/mol. The molecule has 0 atom stereocenters. The Balaban J connectivity index is 3.26. The van der Waals surface area contributed by atoms with Crippen LogP contribution in [0.1, 0.15) is 10.4 Å². The molecule has 0 saturated carbocycles. The number of phenolic OH excluding ortho intramolecular Hbond substituents is 1. The summed E-state index contributed by atoms with van der Waals surface area (Å²) in [6.45, 7) is 0. The molecule has 0 unspecified atom stereocenters. The Labute approximate surface area is 80.1 Å². The lowest BCUT2D eigenvalue weighted by Crippen LogP contribution is -2.04. The number of benzene rings is 1. The first kappa shape index (κ1) is 9.67. The fourth-order valence-electron chi connectivity index (χ4n) is 0.921. The third-order valence-electron chi connectivity index (χ3n) is 1.67. The predicted octanol–water partition coefficient (Wildman–Crippen LogP) is 0.978. The highest BCUT2D eigenvalue weighted by atomic mass is 35.5. The van der Waals surface area contributed by atoms with Gasteiger partial charge in [0.15, 0.2) is 11.5 Å². The zero-order valence-electron chi connectivity index (χ0n) is 6.75. The number of hydrogen-bond donors (Lipinski definition) is 3. The van der Waals surface area contributed by atoms with E-state index >= 15 is 0 Å². The lowest BCUT2D eigenvalue weighted by Gasteiger charge is -2.06. The average Bonchev–Trinajstić information content (AvgIpc) is 2.13. The van der Waals surface area contributed by atoms with E-state index in [0.717, 1.165) is 0 Å². The summed E-state index contributed by atoms with van der Waals surface area (Å²) in [6, 6.07) is 2.85. The number of aromatic hydroxyl groups is 1. The van der Waals surface area contributed by atoms with Crippen molar-refractivity contribution in [3.8, 4) is 5.75 Å². The molecule has 0 aliphatic rings. The maximum atomic E-state index is 11.1. The van der Waals surface area contributed by atoms with Gasteiger partial charge in [0.1, 0.15) is 0 Å². The van der Waals surface area contributed by atoms with Gasteiger partial charge in [0.25, 0.3) is 0 Å². The molecule has 0 aliphatic carbocycles. The van der Waals surface area contributed by atoms with Gasteiger partial charge in [-0.2, -0.15) is 0 Å². The highest BCUT2D eigenvalue weighted by molar-refractivity contribution is 6.31. The van der Waals surface area contributed by atoms with Crippen LogP contribution < -0.4 is 11.5 Å². The second-order valence-electron chi connectivity index (χ2n) is 2.52. The molecule has 1 rings (SSSR count). The minimum absolute atomic E-state index is 0.0102. The zero-order chi connectivity index (χ0) is 10.0. The van der Waals surface area contributed by atoms with Crippen LogP contribution in [0.2, 0.25) is 0 Å². The number of halogens is 1. The number of nitrogen functional groups attached to an aromatic ring is 2. The standard InChI is InChI=1S/C8H9ClN2O2/c9-3-6(12)4-1-2-5(10)7(11)8(4)13/h1-2,13H,3,10-11H2. The summed E-state index contributed by atoms with van der Waals surface area (Å²) in [5, 5.41) is 9.40. The van der Waals surface area contributed by atoms with Crippen molar-refractivity contribution in [1.29, 1.82) is 0 Å². The number of carbonyl (C=O) groups excluding carboxylic acids is 1. The van der Waals surface area contributed by atoms with Crippen LogP contribution in [0, 0.1) is 0 Å². The van der Waals surface area contributed by atoms with Gasteiger partial charge >= 0.3 is 0 Å². The summed E-state index contributed by atoms with van der Waals surface area (Å²) in [5.74, 6) is -0.881. The van der Waals surface area contributed by atoms with E-state index < -0.39 is 0 Å². The summed E-state index contributed by atoms with van der Waals surface area (Å²) in [4.78, 5) is 11.1. The van der Waals surface area contributed by atoms with Gasteiger partial charge in [-0.1, -0.05) is 0 Å². The Morgan fingerprint density at radius 2 is 2.08 bits per heavy atom. The van der Waals surface area contributed by atoms with Gasteiger partial charge in [-0.3, -0.25) is 4.79 Å². The van der Waals surface area contributed by atoms with Crippen LogP contribution in [-0.2, 0) is 0 Å². The molecule has 0 fully saturated rings. The molecule has 0 heterocycles. The predicted molar refractivity (Wildman–Crippen MR) is 52.0 cm³/mol. The van der Waals surface area contributed by atoms with Crippen LogP contribution in [0.4, 0.5) is 11.4 Å². The van der Waals surface area contributed by atoms with Crippen molar-refractivity contribution in [2.24, 2.45) is 0 Å². The first-order valence-electron chi connectivity index (χ1n) is 3.54. The molecule has 0 radical (unpaired) electrons. The normalized spacial score (nSPS) is 9.92. The second kappa shape index (κ2) is 3.53. The van der Waals surface area contributed by atoms with Crippen molar-refractivity contribution in [2.45, 2.75) is 0 Å². The van der Waals surface area contributed by atoms with Gasteiger partial charge < -0.3 is 16.6 Å². The summed E-state index contributed by atoms with van der Waals surface area (Å²) in [7, 11) is 0. The summed E-state index contributed by atoms with van der Waals surface area (Å²) in [6.07, 6.45) is 0. The van der Waals surface area contributed by atoms with Crippen molar-refractivity contribution >= 4 is 28.8 Å². The van der Waals surface area contributed by atoms with E-state index in [4.69, 9.17) is 23.1 Å². The Morgan fingerprint density at radius 1 is 1.46 bits per heavy atom. The van der Waals surface area contributed by atoms with Gasteiger partial charge in [-0.05, 0) is 12.1 Å². The Kier molecular flexibility index (Phi) is 2.63. The molecule has 1 aromatic carbocycles. The summed E-state index contributed by atoms with van der Waals surface area (Å²) in [5.41, 5.74) is 11.2. The first-order valence-corrected chi connectivity index (χ1v) is 4.07. The van der Waals surface area contributed by atoms with Gasteiger partial charge in [0.05, 0.1) is 22.8 Å². The quantitative estimate of drug-likeness (QED) is 0.287. The average molecular weight is 201 g/mol. The molecule has 0 saturated heterocycles. The number of anilines is 2. The minimum atomic E-state index is -0.383. The number of nitrogens with two attached hydrogens (primary N) is 2.